The van der Waals surface area contributed by atoms with Crippen molar-refractivity contribution in [1.29, 1.82) is 5.26 Å². The number of urea groups is 1. The maximum Gasteiger partial charge on any atom is 0.321 e. The molecule has 1 N–H and O–H groups in total. The summed E-state index contributed by atoms with van der Waals surface area (Å²) in [6, 6.07) is 7.41. The summed E-state index contributed by atoms with van der Waals surface area (Å²) in [7, 11) is 0. The molecule has 0 saturated carbocycles. The maximum absolute atomic E-state index is 12.3. The van der Waals surface area contributed by atoms with Gasteiger partial charge in [-0.25, -0.2) is 4.79 Å². The van der Waals surface area contributed by atoms with Gasteiger partial charge in [0.15, 0.2) is 0 Å². The van der Waals surface area contributed by atoms with Crippen LogP contribution in [-0.4, -0.2) is 37.2 Å². The summed E-state index contributed by atoms with van der Waals surface area (Å²) in [5.41, 5.74) is 2.16. The van der Waals surface area contributed by atoms with Crippen LogP contribution in [0.15, 0.2) is 18.2 Å². The Labute approximate surface area is 131 Å². The average molecular weight is 301 g/mol. The zero-order chi connectivity index (χ0) is 15.9. The molecule has 2 amide bonds. The lowest BCUT2D eigenvalue weighted by Crippen LogP contribution is -2.33. The Hall–Kier alpha value is -2.06. The summed E-state index contributed by atoms with van der Waals surface area (Å²) < 4.78 is 5.56. The van der Waals surface area contributed by atoms with Gasteiger partial charge in [0.2, 0.25) is 0 Å². The van der Waals surface area contributed by atoms with Gasteiger partial charge >= 0.3 is 6.03 Å². The molecule has 1 aromatic carbocycles. The Bertz CT molecular complexity index is 566. The molecule has 0 aromatic heterocycles. The number of rotatable bonds is 5. The van der Waals surface area contributed by atoms with Crippen LogP contribution in [0.4, 0.5) is 10.5 Å². The Balaban J connectivity index is 1.87. The van der Waals surface area contributed by atoms with Crippen molar-refractivity contribution < 1.29 is 9.53 Å². The van der Waals surface area contributed by atoms with Gasteiger partial charge in [0.25, 0.3) is 0 Å². The van der Waals surface area contributed by atoms with E-state index in [9.17, 15) is 4.79 Å². The topological polar surface area (TPSA) is 65.4 Å². The summed E-state index contributed by atoms with van der Waals surface area (Å²) >= 11 is 0. The van der Waals surface area contributed by atoms with Gasteiger partial charge in [-0.05, 0) is 37.5 Å². The van der Waals surface area contributed by atoms with Crippen molar-refractivity contribution >= 4 is 11.7 Å². The van der Waals surface area contributed by atoms with Gasteiger partial charge in [-0.2, -0.15) is 5.26 Å². The first-order valence-corrected chi connectivity index (χ1v) is 7.78. The van der Waals surface area contributed by atoms with Crippen molar-refractivity contribution in [3.63, 3.8) is 0 Å². The van der Waals surface area contributed by atoms with E-state index in [1.165, 1.54) is 0 Å². The molecule has 118 valence electrons. The first kappa shape index (κ1) is 16.3. The second kappa shape index (κ2) is 7.81. The van der Waals surface area contributed by atoms with Crippen LogP contribution in [0.3, 0.4) is 0 Å². The van der Waals surface area contributed by atoms with E-state index in [-0.39, 0.29) is 6.03 Å². The number of nitriles is 1. The highest BCUT2D eigenvalue weighted by Gasteiger charge is 2.26. The fraction of sp³-hybridized carbons (Fsp3) is 0.529. The first-order chi connectivity index (χ1) is 10.6. The number of anilines is 1. The molecular formula is C17H23N3O2. The highest BCUT2D eigenvalue weighted by Crippen LogP contribution is 2.19. The Kier molecular flexibility index (Phi) is 5.79. The van der Waals surface area contributed by atoms with E-state index in [4.69, 9.17) is 10.00 Å². The predicted molar refractivity (Wildman–Crippen MR) is 85.7 cm³/mol. The third-order valence-electron chi connectivity index (χ3n) is 3.88. The van der Waals surface area contributed by atoms with Crippen molar-refractivity contribution in [2.24, 2.45) is 5.92 Å². The number of aryl methyl sites for hydroxylation is 1. The van der Waals surface area contributed by atoms with Gasteiger partial charge in [-0.3, -0.25) is 0 Å². The molecular weight excluding hydrogens is 278 g/mol. The quantitative estimate of drug-likeness (QED) is 0.850. The molecule has 0 bridgehead atoms. The van der Waals surface area contributed by atoms with Crippen LogP contribution >= 0.6 is 0 Å². The molecule has 2 rings (SSSR count). The summed E-state index contributed by atoms with van der Waals surface area (Å²) in [5.74, 6) is 0.421. The molecule has 1 aromatic rings. The molecule has 5 nitrogen and oxygen atoms in total. The highest BCUT2D eigenvalue weighted by molar-refractivity contribution is 5.89. The Morgan fingerprint density at radius 2 is 2.36 bits per heavy atom. The van der Waals surface area contributed by atoms with Crippen LogP contribution in [0, 0.1) is 24.2 Å². The number of carbonyl (C=O) groups excluding carboxylic acids is 1. The number of benzene rings is 1. The van der Waals surface area contributed by atoms with Crippen molar-refractivity contribution in [2.75, 3.05) is 31.6 Å². The number of nitrogens with zero attached hydrogens (tertiary/aromatic N) is 2. The second-order valence-corrected chi connectivity index (χ2v) is 5.75. The smallest absolute Gasteiger partial charge is 0.321 e. The van der Waals surface area contributed by atoms with E-state index < -0.39 is 0 Å². The molecule has 0 radical (unpaired) electrons. The first-order valence-electron chi connectivity index (χ1n) is 7.78. The number of hydrogen-bond donors (Lipinski definition) is 1. The van der Waals surface area contributed by atoms with E-state index in [0.717, 1.165) is 44.7 Å². The minimum atomic E-state index is -0.106. The predicted octanol–water partition coefficient (Wildman–Crippen LogP) is 3.15. The van der Waals surface area contributed by atoms with Gasteiger partial charge in [-0.1, -0.05) is 13.0 Å². The summed E-state index contributed by atoms with van der Waals surface area (Å²) in [4.78, 5) is 14.1. The van der Waals surface area contributed by atoms with E-state index in [2.05, 4.69) is 18.3 Å². The monoisotopic (exact) mass is 301 g/mol. The van der Waals surface area contributed by atoms with E-state index in [1.807, 2.05) is 24.0 Å². The minimum absolute atomic E-state index is 0.106. The van der Waals surface area contributed by atoms with Crippen molar-refractivity contribution in [3.05, 3.63) is 29.3 Å². The molecule has 1 atom stereocenters. The number of hydrogen-bond acceptors (Lipinski definition) is 3. The fourth-order valence-electron chi connectivity index (χ4n) is 2.57. The van der Waals surface area contributed by atoms with Crippen LogP contribution in [0.5, 0.6) is 0 Å². The minimum Gasteiger partial charge on any atom is -0.381 e. The number of amides is 2. The third-order valence-corrected chi connectivity index (χ3v) is 3.88. The zero-order valence-electron chi connectivity index (χ0n) is 13.3. The molecule has 0 unspecified atom stereocenters. The van der Waals surface area contributed by atoms with Crippen molar-refractivity contribution in [2.45, 2.75) is 26.7 Å². The third kappa shape index (κ3) is 4.22. The van der Waals surface area contributed by atoms with Crippen LogP contribution in [0.2, 0.25) is 0 Å². The molecule has 1 saturated heterocycles. The normalized spacial score (nSPS) is 17.3. The zero-order valence-corrected chi connectivity index (χ0v) is 13.3. The molecule has 1 aliphatic rings. The largest absolute Gasteiger partial charge is 0.381 e. The average Bonchev–Trinajstić information content (AvgIpc) is 2.98. The lowest BCUT2D eigenvalue weighted by Gasteiger charge is -2.17. The SMILES string of the molecule is CCCOC[C@@H]1CCN(C(=O)Nc2ccc(C)c(C#N)c2)C1. The van der Waals surface area contributed by atoms with Crippen LogP contribution in [0.1, 0.15) is 30.9 Å². The molecule has 1 fully saturated rings. The molecule has 0 aliphatic carbocycles. The summed E-state index contributed by atoms with van der Waals surface area (Å²) in [6.45, 7) is 6.95. The van der Waals surface area contributed by atoms with Crippen LogP contribution < -0.4 is 5.32 Å². The Morgan fingerprint density at radius 3 is 3.09 bits per heavy atom. The van der Waals surface area contributed by atoms with Gasteiger partial charge in [0, 0.05) is 31.3 Å². The van der Waals surface area contributed by atoms with Gasteiger partial charge in [-0.15, -0.1) is 0 Å². The lowest BCUT2D eigenvalue weighted by molar-refractivity contribution is 0.103. The molecule has 22 heavy (non-hydrogen) atoms. The lowest BCUT2D eigenvalue weighted by atomic mass is 10.1. The van der Waals surface area contributed by atoms with Crippen LogP contribution in [0.25, 0.3) is 0 Å². The summed E-state index contributed by atoms with van der Waals surface area (Å²) in [5, 5.41) is 11.9. The fourth-order valence-corrected chi connectivity index (χ4v) is 2.57. The van der Waals surface area contributed by atoms with E-state index in [0.29, 0.717) is 17.2 Å². The Morgan fingerprint density at radius 1 is 1.55 bits per heavy atom. The van der Waals surface area contributed by atoms with E-state index >= 15 is 0 Å². The number of likely N-dealkylation sites (tertiary alicyclic amines) is 1. The van der Waals surface area contributed by atoms with E-state index in [1.54, 1.807) is 6.07 Å². The molecule has 1 aliphatic heterocycles. The maximum atomic E-state index is 12.3. The number of ether oxygens (including phenoxy) is 1. The molecule has 5 heteroatoms. The standard InChI is InChI=1S/C17H23N3O2/c1-3-8-22-12-14-6-7-20(11-14)17(21)19-16-5-4-13(2)15(9-16)10-18/h4-5,9,14H,3,6-8,11-12H2,1-2H3,(H,19,21)/t14-/m1/s1. The van der Waals surface area contributed by atoms with Crippen molar-refractivity contribution in [3.8, 4) is 6.07 Å². The number of nitrogens with one attached hydrogen (secondary N) is 1. The van der Waals surface area contributed by atoms with Crippen molar-refractivity contribution in [1.82, 2.24) is 4.90 Å². The molecule has 1 heterocycles. The molecule has 0 spiro atoms. The van der Waals surface area contributed by atoms with Gasteiger partial charge in [0.05, 0.1) is 18.2 Å². The van der Waals surface area contributed by atoms with Crippen LogP contribution in [-0.2, 0) is 4.74 Å². The number of carbonyl (C=O) groups is 1. The second-order valence-electron chi connectivity index (χ2n) is 5.75. The highest BCUT2D eigenvalue weighted by atomic mass is 16.5. The summed E-state index contributed by atoms with van der Waals surface area (Å²) in [6.07, 6.45) is 2.00. The van der Waals surface area contributed by atoms with Gasteiger partial charge in [0.1, 0.15) is 0 Å². The van der Waals surface area contributed by atoms with Gasteiger partial charge < -0.3 is 15.0 Å².